The fourth-order valence-electron chi connectivity index (χ4n) is 3.42. The van der Waals surface area contributed by atoms with E-state index in [1.807, 2.05) is 24.3 Å². The maximum Gasteiger partial charge on any atom is 0.261 e. The average Bonchev–Trinajstić information content (AvgIpc) is 3.13. The van der Waals surface area contributed by atoms with E-state index in [2.05, 4.69) is 17.4 Å². The van der Waals surface area contributed by atoms with Crippen molar-refractivity contribution < 1.29 is 19.0 Å². The molecule has 1 aliphatic heterocycles. The highest BCUT2D eigenvalue weighted by atomic mass is 16.7. The van der Waals surface area contributed by atoms with Gasteiger partial charge in [-0.3, -0.25) is 4.79 Å². The molecule has 2 aromatic rings. The number of hydrogen-bond donors (Lipinski definition) is 1. The second-order valence-electron chi connectivity index (χ2n) is 6.80. The zero-order valence-corrected chi connectivity index (χ0v) is 14.9. The van der Waals surface area contributed by atoms with Gasteiger partial charge in [0.1, 0.15) is 5.75 Å². The van der Waals surface area contributed by atoms with Crippen LogP contribution in [0, 0.1) is 0 Å². The zero-order chi connectivity index (χ0) is 17.9. The molecule has 0 unspecified atom stereocenters. The van der Waals surface area contributed by atoms with E-state index in [1.165, 1.54) is 24.0 Å². The number of nitrogens with one attached hydrogen (secondary N) is 1. The number of rotatable bonds is 5. The summed E-state index contributed by atoms with van der Waals surface area (Å²) in [5, 5.41) is 2.91. The number of ether oxygens (including phenoxy) is 3. The molecule has 1 N–H and O–H groups in total. The van der Waals surface area contributed by atoms with E-state index in [1.54, 1.807) is 6.92 Å². The Hall–Kier alpha value is -2.69. The van der Waals surface area contributed by atoms with Crippen molar-refractivity contribution in [2.75, 3.05) is 6.79 Å². The topological polar surface area (TPSA) is 56.8 Å². The highest BCUT2D eigenvalue weighted by molar-refractivity contribution is 5.80. The molecule has 5 heteroatoms. The number of benzene rings is 2. The number of hydrogen-bond acceptors (Lipinski definition) is 4. The van der Waals surface area contributed by atoms with Gasteiger partial charge in [-0.05, 0) is 73.6 Å². The number of aryl methyl sites for hydroxylation is 2. The van der Waals surface area contributed by atoms with Crippen molar-refractivity contribution in [1.29, 1.82) is 0 Å². The molecule has 1 aliphatic carbocycles. The van der Waals surface area contributed by atoms with Gasteiger partial charge < -0.3 is 19.5 Å². The molecule has 0 bridgehead atoms. The Morgan fingerprint density at radius 2 is 1.88 bits per heavy atom. The van der Waals surface area contributed by atoms with E-state index in [4.69, 9.17) is 14.2 Å². The summed E-state index contributed by atoms with van der Waals surface area (Å²) in [5.41, 5.74) is 3.72. The minimum atomic E-state index is -0.550. The summed E-state index contributed by atoms with van der Waals surface area (Å²) in [6.07, 6.45) is 4.16. The maximum absolute atomic E-state index is 12.4. The minimum Gasteiger partial charge on any atom is -0.481 e. The lowest BCUT2D eigenvalue weighted by Crippen LogP contribution is -2.35. The Kier molecular flexibility index (Phi) is 4.69. The van der Waals surface area contributed by atoms with E-state index in [9.17, 15) is 4.79 Å². The standard InChI is InChI=1S/C21H23NO4/c1-14(26-18-8-7-16-4-2-3-5-17(16)11-18)21(23)22-12-15-6-9-19-20(10-15)25-13-24-19/h6-11,14H,2-5,12-13H2,1H3,(H,22,23)/t14-/m1/s1. The fraction of sp³-hybridized carbons (Fsp3) is 0.381. The third kappa shape index (κ3) is 3.62. The molecule has 0 fully saturated rings. The number of carbonyl (C=O) groups excluding carboxylic acids is 1. The van der Waals surface area contributed by atoms with Gasteiger partial charge in [-0.1, -0.05) is 12.1 Å². The Morgan fingerprint density at radius 3 is 2.77 bits per heavy atom. The molecule has 1 amide bonds. The van der Waals surface area contributed by atoms with Crippen molar-refractivity contribution in [3.8, 4) is 17.2 Å². The van der Waals surface area contributed by atoms with Crippen molar-refractivity contribution in [2.24, 2.45) is 0 Å². The van der Waals surface area contributed by atoms with Crippen LogP contribution in [0.25, 0.3) is 0 Å². The number of carbonyl (C=O) groups is 1. The van der Waals surface area contributed by atoms with Crippen LogP contribution in [0.2, 0.25) is 0 Å². The third-order valence-corrected chi connectivity index (χ3v) is 4.91. The fourth-order valence-corrected chi connectivity index (χ4v) is 3.42. The summed E-state index contributed by atoms with van der Waals surface area (Å²) < 4.78 is 16.5. The van der Waals surface area contributed by atoms with E-state index >= 15 is 0 Å². The van der Waals surface area contributed by atoms with Gasteiger partial charge in [0.2, 0.25) is 6.79 Å². The largest absolute Gasteiger partial charge is 0.481 e. The number of fused-ring (bicyclic) bond motifs is 2. The first-order valence-corrected chi connectivity index (χ1v) is 9.14. The van der Waals surface area contributed by atoms with Crippen LogP contribution in [0.5, 0.6) is 17.2 Å². The monoisotopic (exact) mass is 353 g/mol. The second kappa shape index (κ2) is 7.28. The Bertz CT molecular complexity index is 818. The van der Waals surface area contributed by atoms with Crippen LogP contribution < -0.4 is 19.5 Å². The maximum atomic E-state index is 12.4. The Balaban J connectivity index is 1.33. The summed E-state index contributed by atoms with van der Waals surface area (Å²) in [7, 11) is 0. The molecule has 2 aliphatic rings. The van der Waals surface area contributed by atoms with E-state index in [0.717, 1.165) is 35.7 Å². The summed E-state index contributed by atoms with van der Waals surface area (Å²) in [5.74, 6) is 2.08. The molecule has 2 aromatic carbocycles. The highest BCUT2D eigenvalue weighted by Crippen LogP contribution is 2.32. The van der Waals surface area contributed by atoms with Crippen molar-refractivity contribution in [1.82, 2.24) is 5.32 Å². The molecule has 5 nitrogen and oxygen atoms in total. The Labute approximate surface area is 153 Å². The average molecular weight is 353 g/mol. The summed E-state index contributed by atoms with van der Waals surface area (Å²) in [6.45, 7) is 2.44. The Morgan fingerprint density at radius 1 is 1.08 bits per heavy atom. The lowest BCUT2D eigenvalue weighted by Gasteiger charge is -2.19. The SMILES string of the molecule is C[C@@H](Oc1ccc2c(c1)CCCC2)C(=O)NCc1ccc2c(c1)OCO2. The van der Waals surface area contributed by atoms with Crippen LogP contribution >= 0.6 is 0 Å². The summed E-state index contributed by atoms with van der Waals surface area (Å²) >= 11 is 0. The normalized spacial score (nSPS) is 15.9. The predicted molar refractivity (Wildman–Crippen MR) is 97.6 cm³/mol. The van der Waals surface area contributed by atoms with Crippen LogP contribution in [0.3, 0.4) is 0 Å². The molecule has 0 aromatic heterocycles. The molecule has 136 valence electrons. The van der Waals surface area contributed by atoms with Gasteiger partial charge >= 0.3 is 0 Å². The molecule has 1 heterocycles. The third-order valence-electron chi connectivity index (χ3n) is 4.91. The molecule has 26 heavy (non-hydrogen) atoms. The van der Waals surface area contributed by atoms with Crippen molar-refractivity contribution in [3.63, 3.8) is 0 Å². The molecule has 4 rings (SSSR count). The van der Waals surface area contributed by atoms with Gasteiger partial charge in [0.25, 0.3) is 5.91 Å². The van der Waals surface area contributed by atoms with Crippen LogP contribution in [-0.4, -0.2) is 18.8 Å². The van der Waals surface area contributed by atoms with Gasteiger partial charge in [-0.25, -0.2) is 0 Å². The van der Waals surface area contributed by atoms with Gasteiger partial charge in [0, 0.05) is 6.54 Å². The summed E-state index contributed by atoms with van der Waals surface area (Å²) in [6, 6.07) is 11.8. The molecule has 1 atom stereocenters. The summed E-state index contributed by atoms with van der Waals surface area (Å²) in [4.78, 5) is 12.4. The van der Waals surface area contributed by atoms with Gasteiger partial charge in [-0.15, -0.1) is 0 Å². The van der Waals surface area contributed by atoms with Crippen LogP contribution in [0.4, 0.5) is 0 Å². The van der Waals surface area contributed by atoms with Crippen LogP contribution in [0.1, 0.15) is 36.5 Å². The highest BCUT2D eigenvalue weighted by Gasteiger charge is 2.17. The lowest BCUT2D eigenvalue weighted by molar-refractivity contribution is -0.127. The molecule has 0 saturated heterocycles. The molecule has 0 spiro atoms. The minimum absolute atomic E-state index is 0.139. The van der Waals surface area contributed by atoms with Gasteiger partial charge in [0.15, 0.2) is 17.6 Å². The van der Waals surface area contributed by atoms with Crippen molar-refractivity contribution >= 4 is 5.91 Å². The van der Waals surface area contributed by atoms with Crippen LogP contribution in [0.15, 0.2) is 36.4 Å². The lowest BCUT2D eigenvalue weighted by atomic mass is 9.92. The van der Waals surface area contributed by atoms with E-state index in [-0.39, 0.29) is 12.7 Å². The first-order chi connectivity index (χ1) is 12.7. The molecule has 0 radical (unpaired) electrons. The molecule has 0 saturated carbocycles. The smallest absolute Gasteiger partial charge is 0.261 e. The van der Waals surface area contributed by atoms with Crippen LogP contribution in [-0.2, 0) is 24.2 Å². The van der Waals surface area contributed by atoms with Gasteiger partial charge in [0.05, 0.1) is 0 Å². The first kappa shape index (κ1) is 16.8. The zero-order valence-electron chi connectivity index (χ0n) is 14.9. The quantitative estimate of drug-likeness (QED) is 0.895. The van der Waals surface area contributed by atoms with Crippen molar-refractivity contribution in [3.05, 3.63) is 53.1 Å². The molecular formula is C21H23NO4. The molecular weight excluding hydrogens is 330 g/mol. The first-order valence-electron chi connectivity index (χ1n) is 9.14. The van der Waals surface area contributed by atoms with Gasteiger partial charge in [-0.2, -0.15) is 0 Å². The van der Waals surface area contributed by atoms with E-state index in [0.29, 0.717) is 6.54 Å². The van der Waals surface area contributed by atoms with Crippen molar-refractivity contribution in [2.45, 2.75) is 45.3 Å². The second-order valence-corrected chi connectivity index (χ2v) is 6.80. The predicted octanol–water partition coefficient (Wildman–Crippen LogP) is 3.38. The number of amides is 1. The van der Waals surface area contributed by atoms with E-state index < -0.39 is 6.10 Å².